The highest BCUT2D eigenvalue weighted by atomic mass is 16.5. The molecule has 2 aliphatic heterocycles. The van der Waals surface area contributed by atoms with E-state index >= 15 is 0 Å². The quantitative estimate of drug-likeness (QED) is 0.802. The topological polar surface area (TPSA) is 24.5 Å². The summed E-state index contributed by atoms with van der Waals surface area (Å²) < 4.78 is 6.03. The maximum absolute atomic E-state index is 6.03. The Morgan fingerprint density at radius 2 is 1.59 bits per heavy atom. The SMILES string of the molecule is c1ccc(CCN2CCC(NC[C@@H]3CCO[C@H]3c3ccccc3)CC2)cc1. The van der Waals surface area contributed by atoms with E-state index in [0.717, 1.165) is 19.6 Å². The van der Waals surface area contributed by atoms with Gasteiger partial charge in [0.2, 0.25) is 0 Å². The Bertz CT molecular complexity index is 667. The van der Waals surface area contributed by atoms with Crippen molar-refractivity contribution in [3.8, 4) is 0 Å². The second kappa shape index (κ2) is 9.50. The van der Waals surface area contributed by atoms with E-state index in [9.17, 15) is 0 Å². The van der Waals surface area contributed by atoms with Gasteiger partial charge in [-0.2, -0.15) is 0 Å². The number of hydrogen-bond donors (Lipinski definition) is 1. The van der Waals surface area contributed by atoms with Crippen molar-refractivity contribution >= 4 is 0 Å². The van der Waals surface area contributed by atoms with Crippen molar-refractivity contribution in [1.82, 2.24) is 10.2 Å². The van der Waals surface area contributed by atoms with Gasteiger partial charge in [0.05, 0.1) is 6.10 Å². The number of rotatable bonds is 7. The standard InChI is InChI=1S/C24H32N2O/c1-3-7-20(8-4-1)11-15-26-16-12-23(13-17-26)25-19-22-14-18-27-24(22)21-9-5-2-6-10-21/h1-10,22-25H,11-19H2/t22-,24-/m0/s1. The van der Waals surface area contributed by atoms with Gasteiger partial charge in [-0.3, -0.25) is 0 Å². The van der Waals surface area contributed by atoms with E-state index in [4.69, 9.17) is 4.74 Å². The fourth-order valence-electron chi connectivity index (χ4n) is 4.46. The number of ether oxygens (including phenoxy) is 1. The lowest BCUT2D eigenvalue weighted by Gasteiger charge is -2.33. The minimum atomic E-state index is 0.268. The molecule has 2 atom stereocenters. The van der Waals surface area contributed by atoms with E-state index in [1.54, 1.807) is 0 Å². The van der Waals surface area contributed by atoms with Crippen LogP contribution in [0.15, 0.2) is 60.7 Å². The van der Waals surface area contributed by atoms with Crippen LogP contribution < -0.4 is 5.32 Å². The first-order valence-corrected chi connectivity index (χ1v) is 10.5. The number of piperidine rings is 1. The summed E-state index contributed by atoms with van der Waals surface area (Å²) in [7, 11) is 0. The molecule has 0 spiro atoms. The summed E-state index contributed by atoms with van der Waals surface area (Å²) in [5.41, 5.74) is 2.78. The van der Waals surface area contributed by atoms with Crippen LogP contribution in [0.2, 0.25) is 0 Å². The summed E-state index contributed by atoms with van der Waals surface area (Å²) in [6, 6.07) is 22.2. The molecule has 2 fully saturated rings. The summed E-state index contributed by atoms with van der Waals surface area (Å²) in [5, 5.41) is 3.85. The molecule has 3 heteroatoms. The third kappa shape index (κ3) is 5.19. The van der Waals surface area contributed by atoms with Gasteiger partial charge in [-0.1, -0.05) is 60.7 Å². The summed E-state index contributed by atoms with van der Waals surface area (Å²) in [6.45, 7) is 5.59. The zero-order valence-corrected chi connectivity index (χ0v) is 16.2. The van der Waals surface area contributed by atoms with Crippen molar-refractivity contribution in [2.24, 2.45) is 5.92 Å². The molecule has 2 aromatic rings. The van der Waals surface area contributed by atoms with Crippen molar-refractivity contribution in [1.29, 1.82) is 0 Å². The number of hydrogen-bond acceptors (Lipinski definition) is 3. The average molecular weight is 365 g/mol. The Morgan fingerprint density at radius 1 is 0.889 bits per heavy atom. The van der Waals surface area contributed by atoms with Gasteiger partial charge in [0.1, 0.15) is 0 Å². The molecule has 0 amide bonds. The fraction of sp³-hybridized carbons (Fsp3) is 0.500. The van der Waals surface area contributed by atoms with Gasteiger partial charge in [-0.15, -0.1) is 0 Å². The molecule has 0 radical (unpaired) electrons. The van der Waals surface area contributed by atoms with E-state index in [2.05, 4.69) is 70.9 Å². The second-order valence-electron chi connectivity index (χ2n) is 8.01. The third-order valence-electron chi connectivity index (χ3n) is 6.16. The van der Waals surface area contributed by atoms with Gasteiger partial charge in [-0.25, -0.2) is 0 Å². The van der Waals surface area contributed by atoms with Crippen LogP contribution in [0.3, 0.4) is 0 Å². The molecule has 0 aliphatic carbocycles. The smallest absolute Gasteiger partial charge is 0.0866 e. The van der Waals surface area contributed by atoms with Crippen LogP contribution in [0.1, 0.15) is 36.5 Å². The molecule has 2 aliphatic rings. The first-order chi connectivity index (χ1) is 13.4. The highest BCUT2D eigenvalue weighted by Gasteiger charge is 2.30. The van der Waals surface area contributed by atoms with Crippen molar-refractivity contribution in [3.05, 3.63) is 71.8 Å². The predicted molar refractivity (Wildman–Crippen MR) is 111 cm³/mol. The second-order valence-corrected chi connectivity index (χ2v) is 8.01. The molecule has 4 rings (SSSR count). The number of nitrogens with one attached hydrogen (secondary N) is 1. The molecule has 0 unspecified atom stereocenters. The molecule has 144 valence electrons. The molecule has 0 aromatic heterocycles. The van der Waals surface area contributed by atoms with Crippen LogP contribution in [0, 0.1) is 5.92 Å². The van der Waals surface area contributed by atoms with E-state index in [1.165, 1.54) is 50.0 Å². The highest BCUT2D eigenvalue weighted by molar-refractivity contribution is 5.19. The Labute approximate surface area is 163 Å². The molecule has 2 saturated heterocycles. The van der Waals surface area contributed by atoms with E-state index < -0.39 is 0 Å². The highest BCUT2D eigenvalue weighted by Crippen LogP contribution is 2.34. The molecule has 2 heterocycles. The first-order valence-electron chi connectivity index (χ1n) is 10.5. The van der Waals surface area contributed by atoms with E-state index in [1.807, 2.05) is 0 Å². The monoisotopic (exact) mass is 364 g/mol. The zero-order valence-electron chi connectivity index (χ0n) is 16.2. The van der Waals surface area contributed by atoms with Crippen LogP contribution in [0.4, 0.5) is 0 Å². The van der Waals surface area contributed by atoms with Gasteiger partial charge < -0.3 is 15.0 Å². The molecular formula is C24H32N2O. The molecular weight excluding hydrogens is 332 g/mol. The van der Waals surface area contributed by atoms with Gasteiger partial charge >= 0.3 is 0 Å². The maximum atomic E-state index is 6.03. The lowest BCUT2D eigenvalue weighted by atomic mass is 9.94. The third-order valence-corrected chi connectivity index (χ3v) is 6.16. The largest absolute Gasteiger partial charge is 0.373 e. The van der Waals surface area contributed by atoms with E-state index in [0.29, 0.717) is 12.0 Å². The van der Waals surface area contributed by atoms with Gasteiger partial charge in [0.15, 0.2) is 0 Å². The van der Waals surface area contributed by atoms with Crippen LogP contribution in [-0.4, -0.2) is 43.7 Å². The molecule has 2 aromatic carbocycles. The molecule has 27 heavy (non-hydrogen) atoms. The number of benzene rings is 2. The fourth-order valence-corrected chi connectivity index (χ4v) is 4.46. The summed E-state index contributed by atoms with van der Waals surface area (Å²) in [6.07, 6.45) is 5.13. The molecule has 0 bridgehead atoms. The van der Waals surface area contributed by atoms with Gasteiger partial charge in [0, 0.05) is 31.7 Å². The van der Waals surface area contributed by atoms with E-state index in [-0.39, 0.29) is 6.10 Å². The van der Waals surface area contributed by atoms with Crippen molar-refractivity contribution in [3.63, 3.8) is 0 Å². The lowest BCUT2D eigenvalue weighted by Crippen LogP contribution is -2.44. The normalized spacial score (nSPS) is 24.3. The molecule has 0 saturated carbocycles. The average Bonchev–Trinajstić information content (AvgIpc) is 3.21. The van der Waals surface area contributed by atoms with Gasteiger partial charge in [-0.05, 0) is 49.9 Å². The van der Waals surface area contributed by atoms with Crippen molar-refractivity contribution in [2.45, 2.75) is 37.8 Å². The van der Waals surface area contributed by atoms with Crippen molar-refractivity contribution in [2.75, 3.05) is 32.8 Å². The van der Waals surface area contributed by atoms with Crippen molar-refractivity contribution < 1.29 is 4.74 Å². The van der Waals surface area contributed by atoms with Crippen LogP contribution in [0.25, 0.3) is 0 Å². The Balaban J connectivity index is 1.18. The Kier molecular flexibility index (Phi) is 6.57. The minimum Gasteiger partial charge on any atom is -0.373 e. The minimum absolute atomic E-state index is 0.268. The molecule has 1 N–H and O–H groups in total. The predicted octanol–water partition coefficient (Wildman–Crippen LogP) is 4.06. The first kappa shape index (κ1) is 18.7. The lowest BCUT2D eigenvalue weighted by molar-refractivity contribution is 0.0886. The summed E-state index contributed by atoms with van der Waals surface area (Å²) in [5.74, 6) is 0.600. The summed E-state index contributed by atoms with van der Waals surface area (Å²) >= 11 is 0. The van der Waals surface area contributed by atoms with Crippen LogP contribution >= 0.6 is 0 Å². The zero-order chi connectivity index (χ0) is 18.3. The Morgan fingerprint density at radius 3 is 2.33 bits per heavy atom. The summed E-state index contributed by atoms with van der Waals surface area (Å²) in [4.78, 5) is 2.62. The van der Waals surface area contributed by atoms with Crippen LogP contribution in [0.5, 0.6) is 0 Å². The Hall–Kier alpha value is -1.68. The van der Waals surface area contributed by atoms with Gasteiger partial charge in [0.25, 0.3) is 0 Å². The number of likely N-dealkylation sites (tertiary alicyclic amines) is 1. The maximum Gasteiger partial charge on any atom is 0.0866 e. The molecule has 3 nitrogen and oxygen atoms in total. The van der Waals surface area contributed by atoms with Crippen LogP contribution in [-0.2, 0) is 11.2 Å². The number of nitrogens with zero attached hydrogens (tertiary/aromatic N) is 1.